The Morgan fingerprint density at radius 1 is 1.15 bits per heavy atom. The van der Waals surface area contributed by atoms with Crippen LogP contribution in [0.1, 0.15) is 31.2 Å². The Morgan fingerprint density at radius 3 is 2.85 bits per heavy atom. The van der Waals surface area contributed by atoms with Gasteiger partial charge >= 0.3 is 0 Å². The van der Waals surface area contributed by atoms with Crippen molar-refractivity contribution < 1.29 is 4.79 Å². The van der Waals surface area contributed by atoms with Crippen molar-refractivity contribution >= 4 is 11.6 Å². The summed E-state index contributed by atoms with van der Waals surface area (Å²) in [6.07, 6.45) is 5.75. The molecule has 3 heteroatoms. The molecule has 3 nitrogen and oxygen atoms in total. The van der Waals surface area contributed by atoms with Crippen LogP contribution in [-0.2, 0) is 11.2 Å². The third-order valence-corrected chi connectivity index (χ3v) is 5.00. The van der Waals surface area contributed by atoms with Crippen molar-refractivity contribution in [3.8, 4) is 0 Å². The van der Waals surface area contributed by atoms with E-state index >= 15 is 0 Å². The maximum absolute atomic E-state index is 12.3. The van der Waals surface area contributed by atoms with E-state index in [1.165, 1.54) is 24.1 Å². The number of amides is 1. The topological polar surface area (TPSA) is 23.6 Å². The van der Waals surface area contributed by atoms with Gasteiger partial charge in [0.1, 0.15) is 0 Å². The lowest BCUT2D eigenvalue weighted by molar-refractivity contribution is -0.133. The lowest BCUT2D eigenvalue weighted by atomic mass is 10.1. The molecular formula is C17H22N2O. The summed E-state index contributed by atoms with van der Waals surface area (Å²) in [6, 6.07) is 9.15. The van der Waals surface area contributed by atoms with Crippen LogP contribution in [0.25, 0.3) is 0 Å². The largest absolute Gasteiger partial charge is 0.369 e. The number of nitrogens with zero attached hydrogens (tertiary/aromatic N) is 2. The molecule has 20 heavy (non-hydrogen) atoms. The van der Waals surface area contributed by atoms with E-state index in [9.17, 15) is 4.79 Å². The summed E-state index contributed by atoms with van der Waals surface area (Å²) in [5.41, 5.74) is 2.85. The van der Waals surface area contributed by atoms with Gasteiger partial charge in [0, 0.05) is 37.3 Å². The van der Waals surface area contributed by atoms with E-state index in [2.05, 4.69) is 34.1 Å². The first-order valence-electron chi connectivity index (χ1n) is 7.96. The van der Waals surface area contributed by atoms with Gasteiger partial charge in [0.15, 0.2) is 0 Å². The lowest BCUT2D eigenvalue weighted by Gasteiger charge is -2.30. The van der Waals surface area contributed by atoms with Crippen LogP contribution in [0.5, 0.6) is 0 Å². The van der Waals surface area contributed by atoms with E-state index in [1.807, 2.05) is 0 Å². The molecule has 1 aromatic carbocycles. The van der Waals surface area contributed by atoms with E-state index in [-0.39, 0.29) is 0 Å². The minimum atomic E-state index is 0.362. The summed E-state index contributed by atoms with van der Waals surface area (Å²) in [5, 5.41) is 0. The van der Waals surface area contributed by atoms with Crippen molar-refractivity contribution in [3.05, 3.63) is 29.8 Å². The standard InChI is InChI=1S/C17H22N2O/c20-17(14-7-8-14)19-10-3-5-15(19)12-18-11-9-13-4-1-2-6-16(13)18/h1-2,4,6,14-15H,3,5,7-12H2/t15-/m1/s1. The predicted octanol–water partition coefficient (Wildman–Crippen LogP) is 2.45. The first-order chi connectivity index (χ1) is 9.83. The Labute approximate surface area is 120 Å². The molecule has 1 saturated heterocycles. The first kappa shape index (κ1) is 12.2. The van der Waals surface area contributed by atoms with Crippen molar-refractivity contribution in [1.82, 2.24) is 4.90 Å². The number of hydrogen-bond donors (Lipinski definition) is 0. The van der Waals surface area contributed by atoms with E-state index in [0.717, 1.165) is 38.9 Å². The van der Waals surface area contributed by atoms with Crippen molar-refractivity contribution in [2.45, 2.75) is 38.1 Å². The normalized spacial score (nSPS) is 25.1. The van der Waals surface area contributed by atoms with Crippen LogP contribution in [0.3, 0.4) is 0 Å². The van der Waals surface area contributed by atoms with E-state index < -0.39 is 0 Å². The van der Waals surface area contributed by atoms with Gasteiger partial charge in [-0.15, -0.1) is 0 Å². The third-order valence-electron chi connectivity index (χ3n) is 5.00. The first-order valence-corrected chi connectivity index (χ1v) is 7.96. The summed E-state index contributed by atoms with van der Waals surface area (Å²) in [7, 11) is 0. The molecule has 2 aliphatic heterocycles. The number of para-hydroxylation sites is 1. The number of carbonyl (C=O) groups is 1. The Morgan fingerprint density at radius 2 is 2.00 bits per heavy atom. The van der Waals surface area contributed by atoms with E-state index in [4.69, 9.17) is 0 Å². The molecule has 0 aromatic heterocycles. The summed E-state index contributed by atoms with van der Waals surface area (Å²) >= 11 is 0. The van der Waals surface area contributed by atoms with Crippen LogP contribution >= 0.6 is 0 Å². The molecule has 1 amide bonds. The smallest absolute Gasteiger partial charge is 0.225 e. The average Bonchev–Trinajstić information content (AvgIpc) is 3.10. The monoisotopic (exact) mass is 270 g/mol. The van der Waals surface area contributed by atoms with Crippen molar-refractivity contribution in [3.63, 3.8) is 0 Å². The number of fused-ring (bicyclic) bond motifs is 1. The maximum Gasteiger partial charge on any atom is 0.225 e. The molecule has 0 unspecified atom stereocenters. The molecule has 3 aliphatic rings. The highest BCUT2D eigenvalue weighted by molar-refractivity contribution is 5.81. The van der Waals surface area contributed by atoms with Crippen LogP contribution in [-0.4, -0.2) is 36.5 Å². The highest BCUT2D eigenvalue weighted by atomic mass is 16.2. The van der Waals surface area contributed by atoms with Crippen molar-refractivity contribution in [2.24, 2.45) is 5.92 Å². The molecule has 1 saturated carbocycles. The van der Waals surface area contributed by atoms with Gasteiger partial charge in [-0.2, -0.15) is 0 Å². The molecule has 2 heterocycles. The summed E-state index contributed by atoms with van der Waals surface area (Å²) in [6.45, 7) is 3.12. The Bertz CT molecular complexity index is 523. The van der Waals surface area contributed by atoms with Gasteiger partial charge in [-0.1, -0.05) is 18.2 Å². The van der Waals surface area contributed by atoms with Crippen LogP contribution < -0.4 is 4.90 Å². The van der Waals surface area contributed by atoms with Gasteiger partial charge in [-0.05, 0) is 43.7 Å². The zero-order chi connectivity index (χ0) is 13.5. The average molecular weight is 270 g/mol. The van der Waals surface area contributed by atoms with Crippen LogP contribution in [0.4, 0.5) is 5.69 Å². The zero-order valence-corrected chi connectivity index (χ0v) is 11.9. The quantitative estimate of drug-likeness (QED) is 0.842. The zero-order valence-electron chi connectivity index (χ0n) is 11.9. The van der Waals surface area contributed by atoms with Gasteiger partial charge < -0.3 is 9.80 Å². The number of rotatable bonds is 3. The second-order valence-electron chi connectivity index (χ2n) is 6.43. The molecular weight excluding hydrogens is 248 g/mol. The summed E-state index contributed by atoms with van der Waals surface area (Å²) in [5.74, 6) is 0.793. The molecule has 0 radical (unpaired) electrons. The van der Waals surface area contributed by atoms with Crippen LogP contribution in [0.2, 0.25) is 0 Å². The van der Waals surface area contributed by atoms with Gasteiger partial charge in [-0.3, -0.25) is 4.79 Å². The molecule has 2 fully saturated rings. The van der Waals surface area contributed by atoms with Crippen molar-refractivity contribution in [2.75, 3.05) is 24.5 Å². The van der Waals surface area contributed by atoms with Gasteiger partial charge in [-0.25, -0.2) is 0 Å². The Hall–Kier alpha value is -1.51. The molecule has 0 N–H and O–H groups in total. The second-order valence-corrected chi connectivity index (χ2v) is 6.43. The molecule has 0 bridgehead atoms. The molecule has 4 rings (SSSR count). The number of carbonyl (C=O) groups excluding carboxylic acids is 1. The van der Waals surface area contributed by atoms with Crippen LogP contribution in [0.15, 0.2) is 24.3 Å². The number of likely N-dealkylation sites (tertiary alicyclic amines) is 1. The Balaban J connectivity index is 1.47. The maximum atomic E-state index is 12.3. The SMILES string of the molecule is O=C(C1CC1)N1CCC[C@@H]1CN1CCc2ccccc21. The highest BCUT2D eigenvalue weighted by Crippen LogP contribution is 2.35. The minimum Gasteiger partial charge on any atom is -0.369 e. The fourth-order valence-corrected chi connectivity index (χ4v) is 3.73. The minimum absolute atomic E-state index is 0.362. The number of benzene rings is 1. The third kappa shape index (κ3) is 2.09. The number of hydrogen-bond acceptors (Lipinski definition) is 2. The lowest BCUT2D eigenvalue weighted by Crippen LogP contribution is -2.43. The molecule has 1 aromatic rings. The molecule has 1 aliphatic carbocycles. The molecule has 106 valence electrons. The fraction of sp³-hybridized carbons (Fsp3) is 0.588. The second kappa shape index (κ2) is 4.80. The summed E-state index contributed by atoms with van der Waals surface area (Å²) in [4.78, 5) is 17.0. The molecule has 1 atom stereocenters. The molecule has 0 spiro atoms. The van der Waals surface area contributed by atoms with Gasteiger partial charge in [0.25, 0.3) is 0 Å². The van der Waals surface area contributed by atoms with E-state index in [1.54, 1.807) is 0 Å². The van der Waals surface area contributed by atoms with Gasteiger partial charge in [0.05, 0.1) is 0 Å². The predicted molar refractivity (Wildman–Crippen MR) is 79.8 cm³/mol. The van der Waals surface area contributed by atoms with E-state index in [0.29, 0.717) is 17.9 Å². The van der Waals surface area contributed by atoms with Gasteiger partial charge in [0.2, 0.25) is 5.91 Å². The Kier molecular flexibility index (Phi) is 2.94. The van der Waals surface area contributed by atoms with Crippen LogP contribution in [0, 0.1) is 5.92 Å². The fourth-order valence-electron chi connectivity index (χ4n) is 3.73. The highest BCUT2D eigenvalue weighted by Gasteiger charge is 2.39. The van der Waals surface area contributed by atoms with Crippen molar-refractivity contribution in [1.29, 1.82) is 0 Å². The summed E-state index contributed by atoms with van der Waals surface area (Å²) < 4.78 is 0. The number of anilines is 1.